The van der Waals surface area contributed by atoms with Gasteiger partial charge in [0.15, 0.2) is 11.5 Å². The van der Waals surface area contributed by atoms with Gasteiger partial charge >= 0.3 is 0 Å². The van der Waals surface area contributed by atoms with Crippen molar-refractivity contribution in [2.45, 2.75) is 39.2 Å². The van der Waals surface area contributed by atoms with E-state index in [1.54, 1.807) is 14.2 Å². The standard InChI is InChI=1S/C16H23NO3/c1-10(2)13-11(15-17-16(3,4)9-20-15)7-8-12(18-5)14(13)19-6/h7-8,10H,9H2,1-6H3. The largest absolute Gasteiger partial charge is 0.493 e. The summed E-state index contributed by atoms with van der Waals surface area (Å²) in [7, 11) is 3.31. The summed E-state index contributed by atoms with van der Waals surface area (Å²) >= 11 is 0. The second-order valence-corrected chi connectivity index (χ2v) is 5.94. The molecule has 0 fully saturated rings. The van der Waals surface area contributed by atoms with Gasteiger partial charge in [0.2, 0.25) is 5.90 Å². The van der Waals surface area contributed by atoms with Gasteiger partial charge in [0.05, 0.1) is 19.8 Å². The Morgan fingerprint density at radius 1 is 1.20 bits per heavy atom. The molecule has 1 heterocycles. The van der Waals surface area contributed by atoms with E-state index >= 15 is 0 Å². The van der Waals surface area contributed by atoms with E-state index in [1.807, 2.05) is 12.1 Å². The molecule has 0 saturated heterocycles. The number of benzene rings is 1. The summed E-state index contributed by atoms with van der Waals surface area (Å²) < 4.78 is 16.7. The van der Waals surface area contributed by atoms with E-state index < -0.39 is 0 Å². The molecule has 0 saturated carbocycles. The molecule has 0 radical (unpaired) electrons. The SMILES string of the molecule is COc1ccc(C2=NC(C)(C)CO2)c(C(C)C)c1OC. The predicted octanol–water partition coefficient (Wildman–Crippen LogP) is 3.38. The maximum Gasteiger partial charge on any atom is 0.217 e. The minimum absolute atomic E-state index is 0.170. The van der Waals surface area contributed by atoms with Gasteiger partial charge in [-0.1, -0.05) is 13.8 Å². The van der Waals surface area contributed by atoms with Gasteiger partial charge in [-0.3, -0.25) is 0 Å². The van der Waals surface area contributed by atoms with E-state index in [0.717, 1.165) is 22.6 Å². The fourth-order valence-electron chi connectivity index (χ4n) is 2.43. The van der Waals surface area contributed by atoms with Crippen LogP contribution in [0.3, 0.4) is 0 Å². The number of ether oxygens (including phenoxy) is 3. The van der Waals surface area contributed by atoms with Gasteiger partial charge in [-0.2, -0.15) is 0 Å². The van der Waals surface area contributed by atoms with Gasteiger partial charge in [0.1, 0.15) is 6.61 Å². The number of methoxy groups -OCH3 is 2. The normalized spacial score (nSPS) is 16.9. The summed E-state index contributed by atoms with van der Waals surface area (Å²) in [5.74, 6) is 2.47. The van der Waals surface area contributed by atoms with Crippen molar-refractivity contribution < 1.29 is 14.2 Å². The van der Waals surface area contributed by atoms with E-state index in [9.17, 15) is 0 Å². The van der Waals surface area contributed by atoms with Crippen molar-refractivity contribution in [2.24, 2.45) is 4.99 Å². The smallest absolute Gasteiger partial charge is 0.217 e. The molecule has 1 aliphatic rings. The molecule has 20 heavy (non-hydrogen) atoms. The van der Waals surface area contributed by atoms with Crippen LogP contribution in [-0.4, -0.2) is 32.3 Å². The van der Waals surface area contributed by atoms with Crippen LogP contribution in [0, 0.1) is 0 Å². The van der Waals surface area contributed by atoms with E-state index in [2.05, 4.69) is 32.7 Å². The van der Waals surface area contributed by atoms with Crippen LogP contribution in [-0.2, 0) is 4.74 Å². The number of hydrogen-bond acceptors (Lipinski definition) is 4. The molecule has 4 nitrogen and oxygen atoms in total. The quantitative estimate of drug-likeness (QED) is 0.847. The Labute approximate surface area is 120 Å². The minimum atomic E-state index is -0.170. The Bertz CT molecular complexity index is 533. The molecule has 2 rings (SSSR count). The first-order chi connectivity index (χ1) is 9.39. The van der Waals surface area contributed by atoms with E-state index in [-0.39, 0.29) is 11.5 Å². The molecule has 0 unspecified atom stereocenters. The molecule has 0 aromatic heterocycles. The first-order valence-corrected chi connectivity index (χ1v) is 6.87. The number of hydrogen-bond donors (Lipinski definition) is 0. The van der Waals surface area contributed by atoms with Gasteiger partial charge in [-0.15, -0.1) is 0 Å². The van der Waals surface area contributed by atoms with Crippen molar-refractivity contribution in [1.29, 1.82) is 0 Å². The van der Waals surface area contributed by atoms with Crippen LogP contribution in [0.2, 0.25) is 0 Å². The Morgan fingerprint density at radius 3 is 2.35 bits per heavy atom. The van der Waals surface area contributed by atoms with Crippen molar-refractivity contribution in [2.75, 3.05) is 20.8 Å². The van der Waals surface area contributed by atoms with Crippen molar-refractivity contribution in [3.05, 3.63) is 23.3 Å². The highest BCUT2D eigenvalue weighted by molar-refractivity contribution is 5.98. The van der Waals surface area contributed by atoms with E-state index in [4.69, 9.17) is 14.2 Å². The third kappa shape index (κ3) is 2.60. The maximum absolute atomic E-state index is 5.77. The van der Waals surface area contributed by atoms with Crippen LogP contribution in [0.4, 0.5) is 0 Å². The van der Waals surface area contributed by atoms with Gasteiger partial charge in [0.25, 0.3) is 0 Å². The fraction of sp³-hybridized carbons (Fsp3) is 0.562. The lowest BCUT2D eigenvalue weighted by Gasteiger charge is -2.19. The third-order valence-corrected chi connectivity index (χ3v) is 3.36. The molecule has 0 atom stereocenters. The van der Waals surface area contributed by atoms with Crippen molar-refractivity contribution in [3.63, 3.8) is 0 Å². The molecule has 110 valence electrons. The molecule has 1 aliphatic heterocycles. The van der Waals surface area contributed by atoms with Crippen LogP contribution in [0.1, 0.15) is 44.7 Å². The topological polar surface area (TPSA) is 40.0 Å². The molecule has 0 aliphatic carbocycles. The molecule has 0 bridgehead atoms. The predicted molar refractivity (Wildman–Crippen MR) is 80.2 cm³/mol. The van der Waals surface area contributed by atoms with Crippen molar-refractivity contribution in [1.82, 2.24) is 0 Å². The minimum Gasteiger partial charge on any atom is -0.493 e. The molecule has 0 amide bonds. The first-order valence-electron chi connectivity index (χ1n) is 6.87. The molecule has 0 spiro atoms. The zero-order valence-electron chi connectivity index (χ0n) is 13.1. The Kier molecular flexibility index (Phi) is 3.93. The first kappa shape index (κ1) is 14.7. The molecule has 4 heteroatoms. The third-order valence-electron chi connectivity index (χ3n) is 3.36. The zero-order chi connectivity index (χ0) is 14.9. The molecular weight excluding hydrogens is 254 g/mol. The summed E-state index contributed by atoms with van der Waals surface area (Å²) in [6.45, 7) is 8.99. The zero-order valence-corrected chi connectivity index (χ0v) is 13.1. The lowest BCUT2D eigenvalue weighted by Crippen LogP contribution is -2.17. The summed E-state index contributed by atoms with van der Waals surface area (Å²) in [6.07, 6.45) is 0. The summed E-state index contributed by atoms with van der Waals surface area (Å²) in [6, 6.07) is 3.90. The highest BCUT2D eigenvalue weighted by Gasteiger charge is 2.30. The van der Waals surface area contributed by atoms with Crippen molar-refractivity contribution >= 4 is 5.90 Å². The molecular formula is C16H23NO3. The summed E-state index contributed by atoms with van der Waals surface area (Å²) in [4.78, 5) is 4.66. The Balaban J connectivity index is 2.60. The maximum atomic E-state index is 5.77. The Morgan fingerprint density at radius 2 is 1.90 bits per heavy atom. The van der Waals surface area contributed by atoms with E-state index in [1.165, 1.54) is 0 Å². The number of aliphatic imine (C=N–C) groups is 1. The van der Waals surface area contributed by atoms with Gasteiger partial charge in [0, 0.05) is 11.1 Å². The number of rotatable bonds is 4. The Hall–Kier alpha value is -1.71. The molecule has 1 aromatic carbocycles. The summed E-state index contributed by atoms with van der Waals surface area (Å²) in [5.41, 5.74) is 1.89. The monoisotopic (exact) mass is 277 g/mol. The van der Waals surface area contributed by atoms with Gasteiger partial charge < -0.3 is 14.2 Å². The van der Waals surface area contributed by atoms with Crippen LogP contribution >= 0.6 is 0 Å². The molecule has 1 aromatic rings. The van der Waals surface area contributed by atoms with E-state index in [0.29, 0.717) is 12.5 Å². The highest BCUT2D eigenvalue weighted by Crippen LogP contribution is 2.39. The molecule has 0 N–H and O–H groups in total. The lowest BCUT2D eigenvalue weighted by molar-refractivity contribution is 0.279. The fourth-order valence-corrected chi connectivity index (χ4v) is 2.43. The van der Waals surface area contributed by atoms with Gasteiger partial charge in [-0.25, -0.2) is 4.99 Å². The van der Waals surface area contributed by atoms with Crippen LogP contribution in [0.15, 0.2) is 17.1 Å². The van der Waals surface area contributed by atoms with Crippen molar-refractivity contribution in [3.8, 4) is 11.5 Å². The van der Waals surface area contributed by atoms with Crippen LogP contribution in [0.25, 0.3) is 0 Å². The number of nitrogens with zero attached hydrogens (tertiary/aromatic N) is 1. The van der Waals surface area contributed by atoms with Crippen LogP contribution in [0.5, 0.6) is 11.5 Å². The van der Waals surface area contributed by atoms with Gasteiger partial charge in [-0.05, 0) is 31.9 Å². The van der Waals surface area contributed by atoms with Crippen LogP contribution < -0.4 is 9.47 Å². The second-order valence-electron chi connectivity index (χ2n) is 5.94. The highest BCUT2D eigenvalue weighted by atomic mass is 16.5. The average molecular weight is 277 g/mol. The lowest BCUT2D eigenvalue weighted by atomic mass is 9.95. The second kappa shape index (κ2) is 5.35. The summed E-state index contributed by atoms with van der Waals surface area (Å²) in [5, 5.41) is 0. The average Bonchev–Trinajstić information content (AvgIpc) is 2.76.